The molecule has 0 aliphatic carbocycles. The largest absolute Gasteiger partial charge is 0.347 e. The zero-order chi connectivity index (χ0) is 13.9. The fourth-order valence-electron chi connectivity index (χ4n) is 2.14. The maximum atomic E-state index is 4.59. The molecule has 20 heavy (non-hydrogen) atoms. The van der Waals surface area contributed by atoms with Crippen LogP contribution in [0.1, 0.15) is 25.2 Å². The second-order valence-electron chi connectivity index (χ2n) is 4.42. The first-order valence-corrected chi connectivity index (χ1v) is 7.71. The van der Waals surface area contributed by atoms with E-state index in [-0.39, 0.29) is 6.04 Å². The molecule has 0 radical (unpaired) electrons. The van der Waals surface area contributed by atoms with Gasteiger partial charge in [0.1, 0.15) is 12.5 Å². The highest BCUT2D eigenvalue weighted by atomic mass is 32.2. The summed E-state index contributed by atoms with van der Waals surface area (Å²) in [5.74, 6) is 1.82. The van der Waals surface area contributed by atoms with E-state index in [2.05, 4.69) is 32.4 Å². The molecule has 1 unspecified atom stereocenters. The molecule has 2 N–H and O–H groups in total. The van der Waals surface area contributed by atoms with Gasteiger partial charge in [-0.1, -0.05) is 18.7 Å². The van der Waals surface area contributed by atoms with Crippen molar-refractivity contribution in [2.75, 3.05) is 6.26 Å². The average molecular weight is 291 g/mol. The molecule has 0 aromatic carbocycles. The van der Waals surface area contributed by atoms with Crippen LogP contribution in [0.5, 0.6) is 0 Å². The fourth-order valence-corrected chi connectivity index (χ4v) is 2.65. The number of aliphatic imine (C=N–C) groups is 1. The molecule has 1 atom stereocenters. The number of rotatable bonds is 4. The summed E-state index contributed by atoms with van der Waals surface area (Å²) in [6.45, 7) is 2.76. The second kappa shape index (κ2) is 5.68. The molecule has 0 amide bonds. The summed E-state index contributed by atoms with van der Waals surface area (Å²) in [5.41, 5.74) is 3.47. The summed E-state index contributed by atoms with van der Waals surface area (Å²) in [4.78, 5) is 12.1. The number of nitrogens with zero attached hydrogens (tertiary/aromatic N) is 5. The Labute approximate surface area is 121 Å². The summed E-state index contributed by atoms with van der Waals surface area (Å²) in [5, 5.41) is 7.22. The predicted octanol–water partition coefficient (Wildman–Crippen LogP) is 1.89. The lowest BCUT2D eigenvalue weighted by atomic mass is 10.2. The minimum absolute atomic E-state index is 0.125. The third-order valence-electron chi connectivity index (χ3n) is 3.16. The molecule has 2 aromatic rings. The number of amidine groups is 1. The summed E-state index contributed by atoms with van der Waals surface area (Å²) >= 11 is 1.61. The SMILES string of the molecule is CCC(NN1Cn2nccc2N=C1SC)c1ncc[nH]1. The lowest BCUT2D eigenvalue weighted by Crippen LogP contribution is -2.46. The number of hydrogen-bond acceptors (Lipinski definition) is 6. The van der Waals surface area contributed by atoms with Gasteiger partial charge in [-0.2, -0.15) is 5.10 Å². The highest BCUT2D eigenvalue weighted by Crippen LogP contribution is 2.23. The quantitative estimate of drug-likeness (QED) is 0.900. The van der Waals surface area contributed by atoms with Crippen LogP contribution in [0.3, 0.4) is 0 Å². The van der Waals surface area contributed by atoms with Gasteiger partial charge in [0.15, 0.2) is 11.0 Å². The minimum Gasteiger partial charge on any atom is -0.347 e. The van der Waals surface area contributed by atoms with Crippen molar-refractivity contribution in [3.8, 4) is 0 Å². The number of aromatic nitrogens is 4. The Hall–Kier alpha value is -1.80. The number of hydrazine groups is 1. The maximum absolute atomic E-state index is 4.59. The molecule has 3 rings (SSSR count). The number of fused-ring (bicyclic) bond motifs is 1. The van der Waals surface area contributed by atoms with Gasteiger partial charge in [-0.25, -0.2) is 20.1 Å². The highest BCUT2D eigenvalue weighted by Gasteiger charge is 2.23. The smallest absolute Gasteiger partial charge is 0.181 e. The van der Waals surface area contributed by atoms with E-state index in [9.17, 15) is 0 Å². The van der Waals surface area contributed by atoms with Gasteiger partial charge in [0.2, 0.25) is 0 Å². The van der Waals surface area contributed by atoms with Crippen molar-refractivity contribution in [1.29, 1.82) is 0 Å². The monoisotopic (exact) mass is 291 g/mol. The minimum atomic E-state index is 0.125. The molecule has 0 saturated heterocycles. The van der Waals surface area contributed by atoms with Crippen LogP contribution in [-0.4, -0.2) is 36.2 Å². The third-order valence-corrected chi connectivity index (χ3v) is 3.84. The predicted molar refractivity (Wildman–Crippen MR) is 79.4 cm³/mol. The van der Waals surface area contributed by atoms with E-state index in [4.69, 9.17) is 0 Å². The Morgan fingerprint density at radius 3 is 3.10 bits per heavy atom. The number of H-pyrrole nitrogens is 1. The van der Waals surface area contributed by atoms with E-state index in [1.165, 1.54) is 0 Å². The molecule has 8 heteroatoms. The lowest BCUT2D eigenvalue weighted by Gasteiger charge is -2.31. The van der Waals surface area contributed by atoms with Gasteiger partial charge in [-0.3, -0.25) is 5.01 Å². The Bertz CT molecular complexity index is 589. The van der Waals surface area contributed by atoms with Crippen LogP contribution in [0.2, 0.25) is 0 Å². The van der Waals surface area contributed by atoms with E-state index in [1.807, 2.05) is 28.2 Å². The van der Waals surface area contributed by atoms with Crippen LogP contribution in [0.15, 0.2) is 29.6 Å². The summed E-state index contributed by atoms with van der Waals surface area (Å²) in [7, 11) is 0. The van der Waals surface area contributed by atoms with Gasteiger partial charge >= 0.3 is 0 Å². The fraction of sp³-hybridized carbons (Fsp3) is 0.417. The Kier molecular flexibility index (Phi) is 3.75. The van der Waals surface area contributed by atoms with E-state index in [0.29, 0.717) is 6.67 Å². The lowest BCUT2D eigenvalue weighted by molar-refractivity contribution is 0.198. The van der Waals surface area contributed by atoms with Crippen molar-refractivity contribution >= 4 is 22.7 Å². The van der Waals surface area contributed by atoms with Crippen molar-refractivity contribution in [2.24, 2.45) is 4.99 Å². The second-order valence-corrected chi connectivity index (χ2v) is 5.19. The first kappa shape index (κ1) is 13.2. The normalized spacial score (nSPS) is 15.9. The third kappa shape index (κ3) is 2.44. The molecule has 0 fully saturated rings. The molecule has 106 valence electrons. The Morgan fingerprint density at radius 1 is 1.50 bits per heavy atom. The number of nitrogens with one attached hydrogen (secondary N) is 2. The van der Waals surface area contributed by atoms with Crippen LogP contribution >= 0.6 is 11.8 Å². The molecular weight excluding hydrogens is 274 g/mol. The van der Waals surface area contributed by atoms with Gasteiger partial charge in [-0.05, 0) is 12.7 Å². The number of imidazole rings is 1. The molecule has 0 saturated carbocycles. The number of hydrogen-bond donors (Lipinski definition) is 2. The van der Waals surface area contributed by atoms with Crippen molar-refractivity contribution in [3.63, 3.8) is 0 Å². The number of thioether (sulfide) groups is 1. The van der Waals surface area contributed by atoms with Crippen molar-refractivity contribution in [3.05, 3.63) is 30.5 Å². The van der Waals surface area contributed by atoms with Crippen LogP contribution in [0, 0.1) is 0 Å². The van der Waals surface area contributed by atoms with E-state index in [1.54, 1.807) is 24.2 Å². The van der Waals surface area contributed by atoms with E-state index >= 15 is 0 Å². The molecule has 0 bridgehead atoms. The standard InChI is InChI=1S/C12H17N7S/c1-3-9(11-13-6-7-14-11)17-19-8-18-10(4-5-15-18)16-12(19)20-2/h4-7,9,17H,3,8H2,1-2H3,(H,13,14). The molecule has 3 heterocycles. The van der Waals surface area contributed by atoms with E-state index in [0.717, 1.165) is 23.2 Å². The topological polar surface area (TPSA) is 74.1 Å². The molecule has 1 aliphatic rings. The summed E-state index contributed by atoms with van der Waals surface area (Å²) in [6, 6.07) is 2.04. The zero-order valence-corrected chi connectivity index (χ0v) is 12.3. The van der Waals surface area contributed by atoms with Crippen molar-refractivity contribution in [1.82, 2.24) is 30.2 Å². The van der Waals surface area contributed by atoms with Crippen LogP contribution < -0.4 is 5.43 Å². The summed E-state index contributed by atoms with van der Waals surface area (Å²) < 4.78 is 1.86. The molecule has 2 aromatic heterocycles. The molecule has 7 nitrogen and oxygen atoms in total. The molecule has 1 aliphatic heterocycles. The van der Waals surface area contributed by atoms with E-state index < -0.39 is 0 Å². The van der Waals surface area contributed by atoms with Crippen LogP contribution in [0.4, 0.5) is 5.82 Å². The maximum Gasteiger partial charge on any atom is 0.181 e. The Morgan fingerprint density at radius 2 is 2.40 bits per heavy atom. The zero-order valence-electron chi connectivity index (χ0n) is 11.4. The van der Waals surface area contributed by atoms with Gasteiger partial charge in [0.05, 0.1) is 12.2 Å². The van der Waals surface area contributed by atoms with Crippen molar-refractivity contribution < 1.29 is 0 Å². The van der Waals surface area contributed by atoms with Crippen LogP contribution in [-0.2, 0) is 6.67 Å². The first-order chi connectivity index (χ1) is 9.81. The first-order valence-electron chi connectivity index (χ1n) is 6.49. The van der Waals surface area contributed by atoms with Gasteiger partial charge < -0.3 is 4.98 Å². The highest BCUT2D eigenvalue weighted by molar-refractivity contribution is 8.13. The van der Waals surface area contributed by atoms with Gasteiger partial charge in [0, 0.05) is 18.5 Å². The average Bonchev–Trinajstić information content (AvgIpc) is 3.14. The van der Waals surface area contributed by atoms with Crippen LogP contribution in [0.25, 0.3) is 0 Å². The summed E-state index contributed by atoms with van der Waals surface area (Å²) in [6.07, 6.45) is 8.32. The molecule has 0 spiro atoms. The molecular formula is C12H17N7S. The van der Waals surface area contributed by atoms with Gasteiger partial charge in [-0.15, -0.1) is 0 Å². The Balaban J connectivity index is 1.80. The van der Waals surface area contributed by atoms with Gasteiger partial charge in [0.25, 0.3) is 0 Å². The number of aromatic amines is 1. The van der Waals surface area contributed by atoms with Crippen molar-refractivity contribution in [2.45, 2.75) is 26.1 Å².